The van der Waals surface area contributed by atoms with E-state index in [4.69, 9.17) is 5.73 Å². The zero-order valence-electron chi connectivity index (χ0n) is 8.90. The van der Waals surface area contributed by atoms with Gasteiger partial charge in [-0.15, -0.1) is 0 Å². The molecule has 88 valence electrons. The molecule has 0 saturated heterocycles. The molecule has 0 radical (unpaired) electrons. The second-order valence-corrected chi connectivity index (χ2v) is 5.30. The molecule has 1 aromatic rings. The molecule has 1 aliphatic rings. The van der Waals surface area contributed by atoms with Gasteiger partial charge >= 0.3 is 0 Å². The molecule has 1 nitrogen and oxygen atoms in total. The van der Waals surface area contributed by atoms with Crippen LogP contribution in [0.1, 0.15) is 31.2 Å². The van der Waals surface area contributed by atoms with E-state index in [-0.39, 0.29) is 9.89 Å². The fraction of sp³-hybridized carbons (Fsp3) is 0.500. The molecular weight excluding hydrogens is 276 g/mol. The van der Waals surface area contributed by atoms with Gasteiger partial charge in [-0.2, -0.15) is 0 Å². The monoisotopic (exact) mass is 289 g/mol. The normalized spacial score (nSPS) is 19.0. The molecular formula is C12H14BrF2N. The molecule has 0 heterocycles. The van der Waals surface area contributed by atoms with Gasteiger partial charge in [0.15, 0.2) is 11.6 Å². The fourth-order valence-electron chi connectivity index (χ4n) is 2.52. The van der Waals surface area contributed by atoms with Crippen LogP contribution < -0.4 is 5.73 Å². The Morgan fingerprint density at radius 3 is 2.38 bits per heavy atom. The number of halogens is 3. The summed E-state index contributed by atoms with van der Waals surface area (Å²) in [6, 6.07) is 2.95. The van der Waals surface area contributed by atoms with Gasteiger partial charge in [-0.1, -0.05) is 12.8 Å². The minimum atomic E-state index is -0.825. The van der Waals surface area contributed by atoms with Gasteiger partial charge in [0.05, 0.1) is 4.47 Å². The first-order valence-corrected chi connectivity index (χ1v) is 6.23. The first-order chi connectivity index (χ1) is 7.59. The lowest BCUT2D eigenvalue weighted by molar-refractivity contribution is 0.441. The SMILES string of the molecule is NCC1(c2cc(F)c(F)c(Br)c2)CCCC1. The molecule has 0 spiro atoms. The van der Waals surface area contributed by atoms with E-state index >= 15 is 0 Å². The highest BCUT2D eigenvalue weighted by molar-refractivity contribution is 9.10. The summed E-state index contributed by atoms with van der Waals surface area (Å²) < 4.78 is 26.7. The van der Waals surface area contributed by atoms with E-state index in [1.165, 1.54) is 6.07 Å². The van der Waals surface area contributed by atoms with Crippen molar-refractivity contribution in [3.05, 3.63) is 33.8 Å². The number of benzene rings is 1. The highest BCUT2D eigenvalue weighted by Gasteiger charge is 2.35. The summed E-state index contributed by atoms with van der Waals surface area (Å²) in [5.41, 5.74) is 6.47. The van der Waals surface area contributed by atoms with E-state index in [1.807, 2.05) is 0 Å². The Balaban J connectivity index is 2.47. The molecule has 2 N–H and O–H groups in total. The van der Waals surface area contributed by atoms with Crippen LogP contribution in [0.3, 0.4) is 0 Å². The van der Waals surface area contributed by atoms with E-state index in [2.05, 4.69) is 15.9 Å². The molecule has 1 aromatic carbocycles. The van der Waals surface area contributed by atoms with Gasteiger partial charge in [0.25, 0.3) is 0 Å². The predicted octanol–water partition coefficient (Wildman–Crippen LogP) is 3.50. The number of rotatable bonds is 2. The maximum atomic E-state index is 13.4. The Bertz CT molecular complexity index is 377. The van der Waals surface area contributed by atoms with E-state index in [0.717, 1.165) is 31.2 Å². The molecule has 0 unspecified atom stereocenters. The molecule has 1 fully saturated rings. The molecule has 0 aliphatic heterocycles. The van der Waals surface area contributed by atoms with Crippen LogP contribution in [0, 0.1) is 11.6 Å². The molecule has 1 aliphatic carbocycles. The third kappa shape index (κ3) is 1.89. The first kappa shape index (κ1) is 12.0. The van der Waals surface area contributed by atoms with E-state index in [1.54, 1.807) is 6.07 Å². The van der Waals surface area contributed by atoms with Crippen LogP contribution in [0.5, 0.6) is 0 Å². The summed E-state index contributed by atoms with van der Waals surface area (Å²) in [6.45, 7) is 0.491. The van der Waals surface area contributed by atoms with E-state index in [9.17, 15) is 8.78 Å². The van der Waals surface area contributed by atoms with Gasteiger partial charge in [0.2, 0.25) is 0 Å². The Kier molecular flexibility index (Phi) is 3.31. The molecule has 1 saturated carbocycles. The molecule has 0 amide bonds. The lowest BCUT2D eigenvalue weighted by Crippen LogP contribution is -2.32. The molecule has 16 heavy (non-hydrogen) atoms. The Labute approximate surface area is 102 Å². The third-order valence-corrected chi connectivity index (χ3v) is 4.12. The predicted molar refractivity (Wildman–Crippen MR) is 63.3 cm³/mol. The summed E-state index contributed by atoms with van der Waals surface area (Å²) in [6.07, 6.45) is 4.13. The largest absolute Gasteiger partial charge is 0.330 e. The third-order valence-electron chi connectivity index (χ3n) is 3.55. The zero-order chi connectivity index (χ0) is 11.8. The summed E-state index contributed by atoms with van der Waals surface area (Å²) >= 11 is 3.04. The zero-order valence-corrected chi connectivity index (χ0v) is 10.5. The molecule has 2 rings (SSSR count). The lowest BCUT2D eigenvalue weighted by atomic mass is 9.79. The summed E-state index contributed by atoms with van der Waals surface area (Å²) in [5, 5.41) is 0. The molecule has 0 atom stereocenters. The smallest absolute Gasteiger partial charge is 0.172 e. The van der Waals surface area contributed by atoms with Crippen molar-refractivity contribution >= 4 is 15.9 Å². The van der Waals surface area contributed by atoms with Crippen LogP contribution in [0.25, 0.3) is 0 Å². The fourth-order valence-corrected chi connectivity index (χ4v) is 2.96. The van der Waals surface area contributed by atoms with Crippen molar-refractivity contribution in [1.29, 1.82) is 0 Å². The molecule has 0 aromatic heterocycles. The van der Waals surface area contributed by atoms with Crippen molar-refractivity contribution in [2.24, 2.45) is 5.73 Å². The topological polar surface area (TPSA) is 26.0 Å². The maximum Gasteiger partial charge on any atom is 0.172 e. The Hall–Kier alpha value is -0.480. The van der Waals surface area contributed by atoms with Crippen LogP contribution in [0.15, 0.2) is 16.6 Å². The average Bonchev–Trinajstić information content (AvgIpc) is 2.75. The Morgan fingerprint density at radius 2 is 1.88 bits per heavy atom. The van der Waals surface area contributed by atoms with Crippen LogP contribution >= 0.6 is 15.9 Å². The van der Waals surface area contributed by atoms with Gasteiger partial charge in [0, 0.05) is 12.0 Å². The minimum Gasteiger partial charge on any atom is -0.330 e. The highest BCUT2D eigenvalue weighted by atomic mass is 79.9. The van der Waals surface area contributed by atoms with Gasteiger partial charge in [0.1, 0.15) is 0 Å². The van der Waals surface area contributed by atoms with Crippen LogP contribution in [0.2, 0.25) is 0 Å². The van der Waals surface area contributed by atoms with Crippen molar-refractivity contribution in [2.45, 2.75) is 31.1 Å². The second kappa shape index (κ2) is 4.41. The van der Waals surface area contributed by atoms with Crippen LogP contribution in [0.4, 0.5) is 8.78 Å². The molecule has 4 heteroatoms. The number of hydrogen-bond acceptors (Lipinski definition) is 1. The lowest BCUT2D eigenvalue weighted by Gasteiger charge is -2.28. The van der Waals surface area contributed by atoms with E-state index < -0.39 is 11.6 Å². The average molecular weight is 290 g/mol. The van der Waals surface area contributed by atoms with Crippen molar-refractivity contribution in [1.82, 2.24) is 0 Å². The van der Waals surface area contributed by atoms with E-state index in [0.29, 0.717) is 6.54 Å². The van der Waals surface area contributed by atoms with Gasteiger partial charge in [-0.05, 0) is 46.5 Å². The standard InChI is InChI=1S/C12H14BrF2N/c13-9-5-8(6-10(14)11(9)15)12(7-16)3-1-2-4-12/h5-6H,1-4,7,16H2. The first-order valence-electron chi connectivity index (χ1n) is 5.44. The second-order valence-electron chi connectivity index (χ2n) is 4.45. The molecule has 0 bridgehead atoms. The van der Waals surface area contributed by atoms with Crippen molar-refractivity contribution in [3.8, 4) is 0 Å². The quantitative estimate of drug-likeness (QED) is 0.829. The van der Waals surface area contributed by atoms with Crippen LogP contribution in [-0.2, 0) is 5.41 Å². The minimum absolute atomic E-state index is 0.156. The Morgan fingerprint density at radius 1 is 1.25 bits per heavy atom. The number of nitrogens with two attached hydrogens (primary N) is 1. The van der Waals surface area contributed by atoms with Crippen LogP contribution in [-0.4, -0.2) is 6.54 Å². The number of hydrogen-bond donors (Lipinski definition) is 1. The maximum absolute atomic E-state index is 13.4. The van der Waals surface area contributed by atoms with Gasteiger partial charge in [-0.3, -0.25) is 0 Å². The van der Waals surface area contributed by atoms with Crippen molar-refractivity contribution in [3.63, 3.8) is 0 Å². The van der Waals surface area contributed by atoms with Gasteiger partial charge in [-0.25, -0.2) is 8.78 Å². The summed E-state index contributed by atoms with van der Waals surface area (Å²) in [4.78, 5) is 0. The van der Waals surface area contributed by atoms with Gasteiger partial charge < -0.3 is 5.73 Å². The van der Waals surface area contributed by atoms with Crippen molar-refractivity contribution in [2.75, 3.05) is 6.54 Å². The summed E-state index contributed by atoms with van der Waals surface area (Å²) in [7, 11) is 0. The summed E-state index contributed by atoms with van der Waals surface area (Å²) in [5.74, 6) is -1.63. The van der Waals surface area contributed by atoms with Crippen molar-refractivity contribution < 1.29 is 8.78 Å². The highest BCUT2D eigenvalue weighted by Crippen LogP contribution is 2.41.